The third kappa shape index (κ3) is 3.26. The highest BCUT2D eigenvalue weighted by Gasteiger charge is 2.08. The van der Waals surface area contributed by atoms with Crippen LogP contribution in [0.15, 0.2) is 46.6 Å². The topological polar surface area (TPSA) is 74.4 Å². The van der Waals surface area contributed by atoms with Crippen molar-refractivity contribution in [1.82, 2.24) is 0 Å². The van der Waals surface area contributed by atoms with Crippen molar-refractivity contribution in [1.29, 1.82) is 0 Å². The first-order chi connectivity index (χ1) is 9.63. The molecule has 0 fully saturated rings. The summed E-state index contributed by atoms with van der Waals surface area (Å²) in [6.45, 7) is -0.322. The zero-order valence-electron chi connectivity index (χ0n) is 10.7. The average molecular weight is 293 g/mol. The summed E-state index contributed by atoms with van der Waals surface area (Å²) in [5, 5.41) is 27.3. The van der Waals surface area contributed by atoms with E-state index in [9.17, 15) is 5.11 Å². The predicted molar refractivity (Wildman–Crippen MR) is 76.2 cm³/mol. The number of nitrogens with zero attached hydrogens (tertiary/aromatic N) is 2. The average Bonchev–Trinajstić information content (AvgIpc) is 2.48. The molecule has 0 heterocycles. The van der Waals surface area contributed by atoms with Gasteiger partial charge < -0.3 is 14.9 Å². The SMILES string of the molecule is COc1ccc(N=Nc2cc(Cl)cc(CO)c2O)cc1. The van der Waals surface area contributed by atoms with E-state index in [1.165, 1.54) is 12.1 Å². The van der Waals surface area contributed by atoms with Gasteiger partial charge in [0.1, 0.15) is 17.2 Å². The van der Waals surface area contributed by atoms with E-state index in [4.69, 9.17) is 21.4 Å². The van der Waals surface area contributed by atoms with Gasteiger partial charge in [0.25, 0.3) is 0 Å². The van der Waals surface area contributed by atoms with Gasteiger partial charge in [-0.05, 0) is 36.4 Å². The minimum absolute atomic E-state index is 0.130. The van der Waals surface area contributed by atoms with Crippen LogP contribution in [0.4, 0.5) is 11.4 Å². The fraction of sp³-hybridized carbons (Fsp3) is 0.143. The number of phenols is 1. The van der Waals surface area contributed by atoms with Gasteiger partial charge in [-0.3, -0.25) is 0 Å². The molecule has 0 saturated carbocycles. The smallest absolute Gasteiger partial charge is 0.148 e. The van der Waals surface area contributed by atoms with Gasteiger partial charge >= 0.3 is 0 Å². The summed E-state index contributed by atoms with van der Waals surface area (Å²) in [6, 6.07) is 9.93. The van der Waals surface area contributed by atoms with Crippen LogP contribution in [0.5, 0.6) is 11.5 Å². The fourth-order valence-electron chi connectivity index (χ4n) is 1.60. The van der Waals surface area contributed by atoms with Crippen LogP contribution in [0.2, 0.25) is 5.02 Å². The van der Waals surface area contributed by atoms with E-state index >= 15 is 0 Å². The molecule has 20 heavy (non-hydrogen) atoms. The Morgan fingerprint density at radius 2 is 1.85 bits per heavy atom. The highest BCUT2D eigenvalue weighted by Crippen LogP contribution is 2.35. The molecule has 6 heteroatoms. The van der Waals surface area contributed by atoms with E-state index in [0.29, 0.717) is 16.3 Å². The van der Waals surface area contributed by atoms with Crippen molar-refractivity contribution in [2.45, 2.75) is 6.61 Å². The minimum atomic E-state index is -0.322. The molecule has 0 amide bonds. The number of benzene rings is 2. The quantitative estimate of drug-likeness (QED) is 0.838. The first kappa shape index (κ1) is 14.3. The van der Waals surface area contributed by atoms with Crippen molar-refractivity contribution in [3.8, 4) is 11.5 Å². The van der Waals surface area contributed by atoms with Crippen molar-refractivity contribution < 1.29 is 14.9 Å². The molecule has 0 radical (unpaired) electrons. The molecule has 2 N–H and O–H groups in total. The van der Waals surface area contributed by atoms with E-state index in [2.05, 4.69) is 10.2 Å². The molecule has 0 aliphatic rings. The van der Waals surface area contributed by atoms with Crippen LogP contribution >= 0.6 is 11.6 Å². The zero-order valence-corrected chi connectivity index (χ0v) is 11.5. The summed E-state index contributed by atoms with van der Waals surface area (Å²) in [4.78, 5) is 0. The number of azo groups is 1. The van der Waals surface area contributed by atoms with Gasteiger partial charge in [-0.15, -0.1) is 5.11 Å². The van der Waals surface area contributed by atoms with Crippen molar-refractivity contribution in [2.24, 2.45) is 10.2 Å². The second-order valence-corrected chi connectivity index (χ2v) is 4.43. The second kappa shape index (κ2) is 6.36. The van der Waals surface area contributed by atoms with Gasteiger partial charge in [0, 0.05) is 10.6 Å². The Bertz CT molecular complexity index is 627. The highest BCUT2D eigenvalue weighted by atomic mass is 35.5. The van der Waals surface area contributed by atoms with Crippen LogP contribution < -0.4 is 4.74 Å². The number of aliphatic hydroxyl groups excluding tert-OH is 1. The van der Waals surface area contributed by atoms with Gasteiger partial charge in [-0.1, -0.05) is 11.6 Å². The maximum atomic E-state index is 9.88. The van der Waals surface area contributed by atoms with Crippen LogP contribution in [-0.2, 0) is 6.61 Å². The normalized spacial score (nSPS) is 10.9. The second-order valence-electron chi connectivity index (χ2n) is 3.99. The molecule has 2 aromatic carbocycles. The molecule has 2 aromatic rings. The van der Waals surface area contributed by atoms with Gasteiger partial charge in [-0.2, -0.15) is 5.11 Å². The summed E-state index contributed by atoms with van der Waals surface area (Å²) in [5.74, 6) is 0.589. The molecule has 0 unspecified atom stereocenters. The van der Waals surface area contributed by atoms with Gasteiger partial charge in [0.15, 0.2) is 0 Å². The summed E-state index contributed by atoms with van der Waals surface area (Å²) < 4.78 is 5.04. The Morgan fingerprint density at radius 3 is 2.45 bits per heavy atom. The third-order valence-corrected chi connectivity index (χ3v) is 2.87. The maximum absolute atomic E-state index is 9.88. The van der Waals surface area contributed by atoms with Crippen LogP contribution in [-0.4, -0.2) is 17.3 Å². The lowest BCUT2D eigenvalue weighted by molar-refractivity contribution is 0.275. The van der Waals surface area contributed by atoms with E-state index in [1.54, 1.807) is 31.4 Å². The number of ether oxygens (including phenoxy) is 1. The number of rotatable bonds is 4. The largest absolute Gasteiger partial charge is 0.505 e. The number of hydrogen-bond donors (Lipinski definition) is 2. The first-order valence-corrected chi connectivity index (χ1v) is 6.20. The Balaban J connectivity index is 2.28. The molecule has 0 aliphatic heterocycles. The van der Waals surface area contributed by atoms with Crippen molar-refractivity contribution in [3.63, 3.8) is 0 Å². The number of aromatic hydroxyl groups is 1. The first-order valence-electron chi connectivity index (χ1n) is 5.82. The van der Waals surface area contributed by atoms with Gasteiger partial charge in [0.2, 0.25) is 0 Å². The highest BCUT2D eigenvalue weighted by molar-refractivity contribution is 6.31. The lowest BCUT2D eigenvalue weighted by Gasteiger charge is -2.04. The Morgan fingerprint density at radius 1 is 1.15 bits per heavy atom. The number of methoxy groups -OCH3 is 1. The van der Waals surface area contributed by atoms with Gasteiger partial charge in [0.05, 0.1) is 19.4 Å². The molecule has 0 saturated heterocycles. The summed E-state index contributed by atoms with van der Waals surface area (Å²) >= 11 is 5.88. The molecule has 0 aromatic heterocycles. The molecule has 0 atom stereocenters. The summed E-state index contributed by atoms with van der Waals surface area (Å²) in [5.41, 5.74) is 1.12. The zero-order chi connectivity index (χ0) is 14.5. The molecule has 5 nitrogen and oxygen atoms in total. The van der Waals surface area contributed by atoms with E-state index in [1.807, 2.05) is 0 Å². The molecule has 0 aliphatic carbocycles. The molecular weight excluding hydrogens is 280 g/mol. The van der Waals surface area contributed by atoms with Crippen LogP contribution in [0.3, 0.4) is 0 Å². The van der Waals surface area contributed by atoms with Crippen LogP contribution in [0.25, 0.3) is 0 Å². The lowest BCUT2D eigenvalue weighted by Crippen LogP contribution is -1.84. The number of aliphatic hydroxyl groups is 1. The van der Waals surface area contributed by atoms with E-state index in [-0.39, 0.29) is 18.0 Å². The lowest BCUT2D eigenvalue weighted by atomic mass is 10.2. The van der Waals surface area contributed by atoms with Crippen molar-refractivity contribution in [3.05, 3.63) is 47.0 Å². The summed E-state index contributed by atoms with van der Waals surface area (Å²) in [6.07, 6.45) is 0. The molecule has 2 rings (SSSR count). The molecule has 0 spiro atoms. The number of halogens is 1. The molecule has 104 valence electrons. The van der Waals surface area contributed by atoms with Crippen molar-refractivity contribution >= 4 is 23.0 Å². The Kier molecular flexibility index (Phi) is 4.55. The number of hydrogen-bond acceptors (Lipinski definition) is 5. The minimum Gasteiger partial charge on any atom is -0.505 e. The maximum Gasteiger partial charge on any atom is 0.148 e. The van der Waals surface area contributed by atoms with Crippen LogP contribution in [0.1, 0.15) is 5.56 Å². The summed E-state index contributed by atoms with van der Waals surface area (Å²) in [7, 11) is 1.58. The monoisotopic (exact) mass is 292 g/mol. The predicted octanol–water partition coefficient (Wildman–Crippen LogP) is 3.96. The van der Waals surface area contributed by atoms with Crippen molar-refractivity contribution in [2.75, 3.05) is 7.11 Å². The van der Waals surface area contributed by atoms with E-state index in [0.717, 1.165) is 5.75 Å². The van der Waals surface area contributed by atoms with Gasteiger partial charge in [-0.25, -0.2) is 0 Å². The Labute approximate surface area is 121 Å². The standard InChI is InChI=1S/C14H13ClN2O3/c1-20-12-4-2-11(3-5-12)16-17-13-7-10(15)6-9(8-18)14(13)19/h2-7,18-19H,8H2,1H3. The van der Waals surface area contributed by atoms with Crippen LogP contribution in [0, 0.1) is 0 Å². The fourth-order valence-corrected chi connectivity index (χ4v) is 1.83. The Hall–Kier alpha value is -2.11. The molecular formula is C14H13ClN2O3. The molecule has 0 bridgehead atoms. The third-order valence-electron chi connectivity index (χ3n) is 2.65. The van der Waals surface area contributed by atoms with E-state index < -0.39 is 0 Å².